The van der Waals surface area contributed by atoms with Crippen molar-refractivity contribution in [3.05, 3.63) is 30.1 Å². The number of ketones is 1. The Hall–Kier alpha value is -1.91. The highest BCUT2D eigenvalue weighted by Gasteiger charge is 2.41. The Labute approximate surface area is 93.0 Å². The van der Waals surface area contributed by atoms with Gasteiger partial charge in [-0.05, 0) is 12.1 Å². The van der Waals surface area contributed by atoms with Gasteiger partial charge in [-0.3, -0.25) is 14.7 Å². The van der Waals surface area contributed by atoms with Gasteiger partial charge in [-0.15, -0.1) is 0 Å². The summed E-state index contributed by atoms with van der Waals surface area (Å²) in [5.41, 5.74) is 0.800. The predicted octanol–water partition coefficient (Wildman–Crippen LogP) is 0.644. The number of carbonyl (C=O) groups excluding carboxylic acids is 2. The summed E-state index contributed by atoms with van der Waals surface area (Å²) in [6, 6.07) is 5.08. The van der Waals surface area contributed by atoms with Crippen LogP contribution in [0.3, 0.4) is 0 Å². The number of rotatable bonds is 2. The SMILES string of the molecule is COC(=O)N1CC(=O)C1Cc1ccccn1. The van der Waals surface area contributed by atoms with Gasteiger partial charge in [0, 0.05) is 18.3 Å². The number of hydrogen-bond donors (Lipinski definition) is 0. The molecular formula is C11H12N2O3. The van der Waals surface area contributed by atoms with Crippen molar-refractivity contribution in [2.75, 3.05) is 13.7 Å². The molecule has 2 heterocycles. The molecule has 0 spiro atoms. The zero-order chi connectivity index (χ0) is 11.5. The summed E-state index contributed by atoms with van der Waals surface area (Å²) in [4.78, 5) is 28.2. The number of Topliss-reactive ketones (excluding diaryl/α,β-unsaturated/α-hetero) is 1. The van der Waals surface area contributed by atoms with Gasteiger partial charge in [0.2, 0.25) is 0 Å². The molecule has 1 saturated heterocycles. The average Bonchev–Trinajstić information content (AvgIpc) is 2.33. The van der Waals surface area contributed by atoms with E-state index >= 15 is 0 Å². The lowest BCUT2D eigenvalue weighted by molar-refractivity contribution is -0.134. The molecule has 0 saturated carbocycles. The summed E-state index contributed by atoms with van der Waals surface area (Å²) in [6.45, 7) is 0.143. The standard InChI is InChI=1S/C11H12N2O3/c1-16-11(15)13-7-10(14)9(13)6-8-4-2-3-5-12-8/h2-5,9H,6-7H2,1H3. The van der Waals surface area contributed by atoms with Crippen molar-refractivity contribution in [3.63, 3.8) is 0 Å². The minimum Gasteiger partial charge on any atom is -0.453 e. The summed E-state index contributed by atoms with van der Waals surface area (Å²) < 4.78 is 4.58. The van der Waals surface area contributed by atoms with Crippen LogP contribution < -0.4 is 0 Å². The van der Waals surface area contributed by atoms with Crippen molar-refractivity contribution < 1.29 is 14.3 Å². The molecule has 1 atom stereocenters. The predicted molar refractivity (Wildman–Crippen MR) is 55.8 cm³/mol. The van der Waals surface area contributed by atoms with Crippen LogP contribution >= 0.6 is 0 Å². The third kappa shape index (κ3) is 1.88. The van der Waals surface area contributed by atoms with Gasteiger partial charge in [0.15, 0.2) is 5.78 Å². The summed E-state index contributed by atoms with van der Waals surface area (Å²) >= 11 is 0. The Morgan fingerprint density at radius 1 is 1.62 bits per heavy atom. The van der Waals surface area contributed by atoms with Crippen molar-refractivity contribution in [3.8, 4) is 0 Å². The highest BCUT2D eigenvalue weighted by molar-refractivity contribution is 5.97. The molecule has 5 heteroatoms. The zero-order valence-electron chi connectivity index (χ0n) is 8.92. The smallest absolute Gasteiger partial charge is 0.410 e. The second kappa shape index (κ2) is 4.30. The third-order valence-electron chi connectivity index (χ3n) is 2.61. The van der Waals surface area contributed by atoms with Crippen LogP contribution in [0.4, 0.5) is 4.79 Å². The van der Waals surface area contributed by atoms with E-state index < -0.39 is 12.1 Å². The van der Waals surface area contributed by atoms with Gasteiger partial charge in [0.05, 0.1) is 13.7 Å². The van der Waals surface area contributed by atoms with Gasteiger partial charge >= 0.3 is 6.09 Å². The highest BCUT2D eigenvalue weighted by Crippen LogP contribution is 2.18. The van der Waals surface area contributed by atoms with Crippen LogP contribution in [-0.2, 0) is 16.0 Å². The van der Waals surface area contributed by atoms with Gasteiger partial charge in [-0.25, -0.2) is 4.79 Å². The number of ether oxygens (including phenoxy) is 1. The number of likely N-dealkylation sites (tertiary alicyclic amines) is 1. The maximum Gasteiger partial charge on any atom is 0.410 e. The van der Waals surface area contributed by atoms with Gasteiger partial charge in [0.1, 0.15) is 6.04 Å². The zero-order valence-corrected chi connectivity index (χ0v) is 8.92. The number of methoxy groups -OCH3 is 1. The van der Waals surface area contributed by atoms with Crippen LogP contribution in [-0.4, -0.2) is 41.5 Å². The maximum atomic E-state index is 11.4. The minimum absolute atomic E-state index is 0.0519. The van der Waals surface area contributed by atoms with E-state index in [9.17, 15) is 9.59 Å². The third-order valence-corrected chi connectivity index (χ3v) is 2.61. The molecule has 84 valence electrons. The van der Waals surface area contributed by atoms with Crippen molar-refractivity contribution >= 4 is 11.9 Å². The monoisotopic (exact) mass is 220 g/mol. The van der Waals surface area contributed by atoms with Gasteiger partial charge in [-0.2, -0.15) is 0 Å². The Bertz CT molecular complexity index is 405. The van der Waals surface area contributed by atoms with Crippen LogP contribution in [0, 0.1) is 0 Å². The second-order valence-corrected chi connectivity index (χ2v) is 3.61. The van der Waals surface area contributed by atoms with E-state index in [0.29, 0.717) is 6.42 Å². The van der Waals surface area contributed by atoms with Gasteiger partial charge < -0.3 is 4.74 Å². The lowest BCUT2D eigenvalue weighted by Gasteiger charge is -2.37. The first kappa shape index (κ1) is 10.6. The van der Waals surface area contributed by atoms with Crippen LogP contribution in [0.5, 0.6) is 0 Å². The number of hydrogen-bond acceptors (Lipinski definition) is 4. The van der Waals surface area contributed by atoms with E-state index in [0.717, 1.165) is 5.69 Å². The molecule has 0 bridgehead atoms. The summed E-state index contributed by atoms with van der Waals surface area (Å²) in [7, 11) is 1.31. The quantitative estimate of drug-likeness (QED) is 0.734. The van der Waals surface area contributed by atoms with Crippen LogP contribution in [0.2, 0.25) is 0 Å². The maximum absolute atomic E-state index is 11.4. The molecule has 0 radical (unpaired) electrons. The molecule has 5 nitrogen and oxygen atoms in total. The minimum atomic E-state index is -0.458. The topological polar surface area (TPSA) is 59.5 Å². The van der Waals surface area contributed by atoms with Crippen molar-refractivity contribution in [1.82, 2.24) is 9.88 Å². The van der Waals surface area contributed by atoms with Crippen molar-refractivity contribution in [2.24, 2.45) is 0 Å². The molecular weight excluding hydrogens is 208 g/mol. The summed E-state index contributed by atoms with van der Waals surface area (Å²) in [6.07, 6.45) is 1.66. The molecule has 0 N–H and O–H groups in total. The highest BCUT2D eigenvalue weighted by atomic mass is 16.5. The lowest BCUT2D eigenvalue weighted by Crippen LogP contribution is -2.60. The lowest BCUT2D eigenvalue weighted by atomic mass is 9.97. The van der Waals surface area contributed by atoms with E-state index in [1.807, 2.05) is 18.2 Å². The second-order valence-electron chi connectivity index (χ2n) is 3.61. The Morgan fingerprint density at radius 2 is 2.44 bits per heavy atom. The van der Waals surface area contributed by atoms with E-state index in [1.54, 1.807) is 6.20 Å². The number of amides is 1. The molecule has 1 fully saturated rings. The molecule has 1 aliphatic rings. The molecule has 0 aromatic carbocycles. The van der Waals surface area contributed by atoms with Crippen molar-refractivity contribution in [2.45, 2.75) is 12.5 Å². The van der Waals surface area contributed by atoms with Crippen LogP contribution in [0.25, 0.3) is 0 Å². The first-order chi connectivity index (χ1) is 7.72. The van der Waals surface area contributed by atoms with Crippen LogP contribution in [0.15, 0.2) is 24.4 Å². The summed E-state index contributed by atoms with van der Waals surface area (Å²) in [5.74, 6) is 0.0519. The number of pyridine rings is 1. The van der Waals surface area contributed by atoms with Gasteiger partial charge in [-0.1, -0.05) is 6.07 Å². The van der Waals surface area contributed by atoms with Gasteiger partial charge in [0.25, 0.3) is 0 Å². The molecule has 1 aromatic heterocycles. The Morgan fingerprint density at radius 3 is 3.00 bits per heavy atom. The van der Waals surface area contributed by atoms with Crippen molar-refractivity contribution in [1.29, 1.82) is 0 Å². The fourth-order valence-electron chi connectivity index (χ4n) is 1.69. The first-order valence-corrected chi connectivity index (χ1v) is 4.99. The normalized spacial score (nSPS) is 19.2. The molecule has 1 aliphatic heterocycles. The summed E-state index contributed by atoms with van der Waals surface area (Å²) in [5, 5.41) is 0. The Kier molecular flexibility index (Phi) is 2.85. The van der Waals surface area contributed by atoms with E-state index in [4.69, 9.17) is 0 Å². The molecule has 2 rings (SSSR count). The largest absolute Gasteiger partial charge is 0.453 e. The molecule has 0 aliphatic carbocycles. The molecule has 1 aromatic rings. The fourth-order valence-corrected chi connectivity index (χ4v) is 1.69. The first-order valence-electron chi connectivity index (χ1n) is 4.99. The number of carbonyl (C=O) groups is 2. The fraction of sp³-hybridized carbons (Fsp3) is 0.364. The molecule has 16 heavy (non-hydrogen) atoms. The molecule has 1 unspecified atom stereocenters. The van der Waals surface area contributed by atoms with E-state index in [2.05, 4.69) is 9.72 Å². The van der Waals surface area contributed by atoms with E-state index in [1.165, 1.54) is 12.0 Å². The van der Waals surface area contributed by atoms with Crippen LogP contribution in [0.1, 0.15) is 5.69 Å². The average molecular weight is 220 g/mol. The molecule has 1 amide bonds. The number of nitrogens with zero attached hydrogens (tertiary/aromatic N) is 2. The Balaban J connectivity index is 2.04. The van der Waals surface area contributed by atoms with E-state index in [-0.39, 0.29) is 12.3 Å². The number of aromatic nitrogens is 1.